The molecule has 108 valence electrons. The van der Waals surface area contributed by atoms with Gasteiger partial charge in [-0.25, -0.2) is 0 Å². The van der Waals surface area contributed by atoms with Crippen LogP contribution in [0.5, 0.6) is 5.75 Å². The van der Waals surface area contributed by atoms with Crippen molar-refractivity contribution in [2.24, 2.45) is 11.1 Å². The van der Waals surface area contributed by atoms with E-state index in [2.05, 4.69) is 5.32 Å². The Morgan fingerprint density at radius 2 is 2.10 bits per heavy atom. The van der Waals surface area contributed by atoms with Crippen LogP contribution < -0.4 is 11.1 Å². The second-order valence-corrected chi connectivity index (χ2v) is 5.07. The average Bonchev–Trinajstić information content (AvgIpc) is 2.90. The number of hydrogen-bond acceptors (Lipinski definition) is 5. The van der Waals surface area contributed by atoms with E-state index in [-0.39, 0.29) is 29.6 Å². The molecule has 0 saturated heterocycles. The van der Waals surface area contributed by atoms with Gasteiger partial charge < -0.3 is 16.2 Å². The number of carbonyl (C=O) groups excluding carboxylic acids is 1. The first-order valence-electron chi connectivity index (χ1n) is 6.48. The summed E-state index contributed by atoms with van der Waals surface area (Å²) < 4.78 is 0. The van der Waals surface area contributed by atoms with Gasteiger partial charge in [0.15, 0.2) is 5.69 Å². The van der Waals surface area contributed by atoms with E-state index in [1.165, 1.54) is 18.2 Å². The summed E-state index contributed by atoms with van der Waals surface area (Å²) in [6.07, 6.45) is 3.15. The van der Waals surface area contributed by atoms with Crippen molar-refractivity contribution in [3.63, 3.8) is 0 Å². The van der Waals surface area contributed by atoms with E-state index in [4.69, 9.17) is 5.73 Å². The number of para-hydroxylation sites is 1. The smallest absolute Gasteiger partial charge is 0.296 e. The largest absolute Gasteiger partial charge is 0.505 e. The SMILES string of the molecule is NCC1(C(=O)Nc2c(O)cccc2[N+](=O)[O-])CCCC1. The quantitative estimate of drug-likeness (QED) is 0.441. The molecule has 0 radical (unpaired) electrons. The molecule has 1 aliphatic rings. The third-order valence-corrected chi connectivity index (χ3v) is 3.89. The Morgan fingerprint density at radius 3 is 2.65 bits per heavy atom. The maximum Gasteiger partial charge on any atom is 0.296 e. The minimum Gasteiger partial charge on any atom is -0.505 e. The second-order valence-electron chi connectivity index (χ2n) is 5.07. The summed E-state index contributed by atoms with van der Waals surface area (Å²) in [5, 5.41) is 23.2. The number of anilines is 1. The van der Waals surface area contributed by atoms with E-state index in [9.17, 15) is 20.0 Å². The van der Waals surface area contributed by atoms with Crippen molar-refractivity contribution in [1.29, 1.82) is 0 Å². The zero-order chi connectivity index (χ0) is 14.8. The molecule has 7 heteroatoms. The molecule has 0 aromatic heterocycles. The highest BCUT2D eigenvalue weighted by atomic mass is 16.6. The predicted octanol–water partition coefficient (Wildman–Crippen LogP) is 1.76. The Kier molecular flexibility index (Phi) is 3.89. The van der Waals surface area contributed by atoms with Crippen LogP contribution in [0.3, 0.4) is 0 Å². The maximum absolute atomic E-state index is 12.4. The van der Waals surface area contributed by atoms with Gasteiger partial charge in [-0.05, 0) is 18.9 Å². The van der Waals surface area contributed by atoms with Crippen LogP contribution in [0.25, 0.3) is 0 Å². The highest BCUT2D eigenvalue weighted by molar-refractivity contribution is 5.99. The lowest BCUT2D eigenvalue weighted by molar-refractivity contribution is -0.384. The first kappa shape index (κ1) is 14.3. The van der Waals surface area contributed by atoms with Gasteiger partial charge in [0.1, 0.15) is 5.75 Å². The van der Waals surface area contributed by atoms with Crippen molar-refractivity contribution < 1.29 is 14.8 Å². The minimum atomic E-state index is -0.684. The molecule has 0 spiro atoms. The Balaban J connectivity index is 2.30. The monoisotopic (exact) mass is 279 g/mol. The number of benzene rings is 1. The Bertz CT molecular complexity index is 538. The van der Waals surface area contributed by atoms with Crippen LogP contribution in [0.4, 0.5) is 11.4 Å². The highest BCUT2D eigenvalue weighted by Gasteiger charge is 2.40. The Hall–Kier alpha value is -2.15. The minimum absolute atomic E-state index is 0.165. The molecule has 20 heavy (non-hydrogen) atoms. The molecule has 0 atom stereocenters. The lowest BCUT2D eigenvalue weighted by atomic mass is 9.85. The molecule has 0 aliphatic heterocycles. The van der Waals surface area contributed by atoms with Gasteiger partial charge in [-0.2, -0.15) is 0 Å². The summed E-state index contributed by atoms with van der Waals surface area (Å²) >= 11 is 0. The Morgan fingerprint density at radius 1 is 1.45 bits per heavy atom. The van der Waals surface area contributed by atoms with Gasteiger partial charge in [-0.3, -0.25) is 14.9 Å². The van der Waals surface area contributed by atoms with Crippen molar-refractivity contribution in [2.45, 2.75) is 25.7 Å². The topological polar surface area (TPSA) is 118 Å². The van der Waals surface area contributed by atoms with E-state index < -0.39 is 10.3 Å². The number of nitrogens with zero attached hydrogens (tertiary/aromatic N) is 1. The van der Waals surface area contributed by atoms with Gasteiger partial charge in [-0.1, -0.05) is 18.9 Å². The number of hydrogen-bond donors (Lipinski definition) is 3. The van der Waals surface area contributed by atoms with Crippen molar-refractivity contribution in [3.8, 4) is 5.75 Å². The predicted molar refractivity (Wildman–Crippen MR) is 73.3 cm³/mol. The number of rotatable bonds is 4. The molecule has 2 rings (SSSR count). The van der Waals surface area contributed by atoms with Gasteiger partial charge in [0.05, 0.1) is 10.3 Å². The number of carbonyl (C=O) groups is 1. The molecule has 1 aromatic rings. The van der Waals surface area contributed by atoms with Crippen LogP contribution >= 0.6 is 0 Å². The summed E-state index contributed by atoms with van der Waals surface area (Å²) in [5.74, 6) is -0.681. The number of phenolic OH excluding ortho intramolecular Hbond substituents is 1. The van der Waals surface area contributed by atoms with Gasteiger partial charge in [0.2, 0.25) is 5.91 Å². The third kappa shape index (κ3) is 2.44. The normalized spacial score (nSPS) is 16.9. The van der Waals surface area contributed by atoms with E-state index >= 15 is 0 Å². The molecule has 0 unspecified atom stereocenters. The van der Waals surface area contributed by atoms with E-state index in [0.29, 0.717) is 12.8 Å². The van der Waals surface area contributed by atoms with Crippen LogP contribution in [0.1, 0.15) is 25.7 Å². The number of aromatic hydroxyl groups is 1. The average molecular weight is 279 g/mol. The summed E-state index contributed by atoms with van der Waals surface area (Å²) in [6.45, 7) is 0.195. The van der Waals surface area contributed by atoms with E-state index in [0.717, 1.165) is 12.8 Å². The summed E-state index contributed by atoms with van der Waals surface area (Å²) in [5.41, 5.74) is 4.52. The zero-order valence-electron chi connectivity index (χ0n) is 11.0. The van der Waals surface area contributed by atoms with E-state index in [1.54, 1.807) is 0 Å². The van der Waals surface area contributed by atoms with Crippen LogP contribution in [-0.2, 0) is 4.79 Å². The van der Waals surface area contributed by atoms with Crippen molar-refractivity contribution in [1.82, 2.24) is 0 Å². The molecule has 1 aromatic carbocycles. The fourth-order valence-corrected chi connectivity index (χ4v) is 2.63. The highest BCUT2D eigenvalue weighted by Crippen LogP contribution is 2.40. The zero-order valence-corrected chi connectivity index (χ0v) is 11.0. The summed E-state index contributed by atoms with van der Waals surface area (Å²) in [6, 6.07) is 3.89. The van der Waals surface area contributed by atoms with E-state index in [1.807, 2.05) is 0 Å². The third-order valence-electron chi connectivity index (χ3n) is 3.89. The standard InChI is InChI=1S/C13H17N3O4/c14-8-13(6-1-2-7-13)12(18)15-11-9(16(19)20)4-3-5-10(11)17/h3-5,17H,1-2,6-8,14H2,(H,15,18). The lowest BCUT2D eigenvalue weighted by Crippen LogP contribution is -2.40. The fourth-order valence-electron chi connectivity index (χ4n) is 2.63. The number of nitro benzene ring substituents is 1. The van der Waals surface area contributed by atoms with Crippen molar-refractivity contribution >= 4 is 17.3 Å². The van der Waals surface area contributed by atoms with Crippen molar-refractivity contribution in [3.05, 3.63) is 28.3 Å². The molecular formula is C13H17N3O4. The lowest BCUT2D eigenvalue weighted by Gasteiger charge is -2.25. The Labute approximate surface area is 115 Å². The fraction of sp³-hybridized carbons (Fsp3) is 0.462. The van der Waals surface area contributed by atoms with Crippen LogP contribution in [0, 0.1) is 15.5 Å². The molecule has 7 nitrogen and oxygen atoms in total. The maximum atomic E-state index is 12.4. The molecule has 0 bridgehead atoms. The molecule has 1 aliphatic carbocycles. The number of nitro groups is 1. The van der Waals surface area contributed by atoms with Crippen LogP contribution in [0.15, 0.2) is 18.2 Å². The molecular weight excluding hydrogens is 262 g/mol. The second kappa shape index (κ2) is 5.46. The molecule has 0 heterocycles. The van der Waals surface area contributed by atoms with Gasteiger partial charge in [-0.15, -0.1) is 0 Å². The number of nitrogens with one attached hydrogen (secondary N) is 1. The molecule has 4 N–H and O–H groups in total. The molecule has 1 saturated carbocycles. The van der Waals surface area contributed by atoms with Gasteiger partial charge >= 0.3 is 0 Å². The first-order chi connectivity index (χ1) is 9.50. The van der Waals surface area contributed by atoms with Crippen LogP contribution in [-0.4, -0.2) is 22.5 Å². The van der Waals surface area contributed by atoms with Crippen LogP contribution in [0.2, 0.25) is 0 Å². The number of phenols is 1. The summed E-state index contributed by atoms with van der Waals surface area (Å²) in [7, 11) is 0. The first-order valence-corrected chi connectivity index (χ1v) is 6.48. The van der Waals surface area contributed by atoms with Gasteiger partial charge in [0.25, 0.3) is 5.69 Å². The molecule has 1 fully saturated rings. The number of nitrogens with two attached hydrogens (primary N) is 1. The van der Waals surface area contributed by atoms with Crippen molar-refractivity contribution in [2.75, 3.05) is 11.9 Å². The summed E-state index contributed by atoms with van der Waals surface area (Å²) in [4.78, 5) is 22.7. The molecule has 1 amide bonds. The van der Waals surface area contributed by atoms with Gasteiger partial charge in [0, 0.05) is 12.6 Å². The number of amides is 1.